The fourth-order valence-electron chi connectivity index (χ4n) is 2.70. The first-order chi connectivity index (χ1) is 13.3. The van der Waals surface area contributed by atoms with Crippen LogP contribution in [-0.2, 0) is 10.0 Å². The van der Waals surface area contributed by atoms with Crippen LogP contribution in [0.25, 0.3) is 0 Å². The van der Waals surface area contributed by atoms with Gasteiger partial charge in [0.05, 0.1) is 16.1 Å². The van der Waals surface area contributed by atoms with Gasteiger partial charge in [-0.25, -0.2) is 12.8 Å². The summed E-state index contributed by atoms with van der Waals surface area (Å²) in [5, 5.41) is 0. The first kappa shape index (κ1) is 19.6. The molecule has 5 nitrogen and oxygen atoms in total. The van der Waals surface area contributed by atoms with Crippen molar-refractivity contribution in [2.24, 2.45) is 0 Å². The summed E-state index contributed by atoms with van der Waals surface area (Å²) in [6, 6.07) is 18.9. The van der Waals surface area contributed by atoms with Gasteiger partial charge in [-0.2, -0.15) is 0 Å². The molecule has 3 aromatic carbocycles. The Morgan fingerprint density at radius 1 is 0.964 bits per heavy atom. The highest BCUT2D eigenvalue weighted by Gasteiger charge is 2.21. The molecular formula is C21H19FN2O3S. The van der Waals surface area contributed by atoms with Gasteiger partial charge in [-0.1, -0.05) is 30.3 Å². The molecule has 0 saturated carbocycles. The lowest BCUT2D eigenvalue weighted by Crippen LogP contribution is -2.27. The second-order valence-electron chi connectivity index (χ2n) is 6.26. The van der Waals surface area contributed by atoms with E-state index in [0.717, 1.165) is 6.07 Å². The minimum Gasteiger partial charge on any atom is -0.311 e. The third-order valence-electron chi connectivity index (χ3n) is 4.29. The van der Waals surface area contributed by atoms with E-state index in [1.54, 1.807) is 37.4 Å². The fourth-order valence-corrected chi connectivity index (χ4v) is 3.86. The van der Waals surface area contributed by atoms with Crippen molar-refractivity contribution in [3.05, 3.63) is 89.7 Å². The van der Waals surface area contributed by atoms with Crippen molar-refractivity contribution in [1.82, 2.24) is 0 Å². The molecule has 0 radical (unpaired) electrons. The molecule has 0 unspecified atom stereocenters. The monoisotopic (exact) mass is 398 g/mol. The molecule has 0 bridgehead atoms. The lowest BCUT2D eigenvalue weighted by Gasteiger charge is -2.19. The molecule has 0 fully saturated rings. The lowest BCUT2D eigenvalue weighted by molar-refractivity contribution is 0.0994. The van der Waals surface area contributed by atoms with Crippen LogP contribution in [0.4, 0.5) is 15.8 Å². The Balaban J connectivity index is 1.94. The summed E-state index contributed by atoms with van der Waals surface area (Å²) in [6.45, 7) is 1.49. The van der Waals surface area contributed by atoms with Gasteiger partial charge < -0.3 is 4.90 Å². The molecular weight excluding hydrogens is 379 g/mol. The highest BCUT2D eigenvalue weighted by molar-refractivity contribution is 7.92. The number of nitrogens with zero attached hydrogens (tertiary/aromatic N) is 1. The number of hydrogen-bond acceptors (Lipinski definition) is 3. The third-order valence-corrected chi connectivity index (χ3v) is 5.65. The summed E-state index contributed by atoms with van der Waals surface area (Å²) >= 11 is 0. The number of benzene rings is 3. The highest BCUT2D eigenvalue weighted by Crippen LogP contribution is 2.24. The SMILES string of the molecule is Cc1cc(S(=O)(=O)Nc2ccccc2C(=O)N(C)c2ccccc2)ccc1F. The van der Waals surface area contributed by atoms with Crippen LogP contribution in [0.15, 0.2) is 77.7 Å². The molecule has 0 aliphatic rings. The standard InChI is InChI=1S/C21H19FN2O3S/c1-15-14-17(12-13-19(15)22)28(26,27)23-20-11-7-6-10-18(20)21(25)24(2)16-8-4-3-5-9-16/h3-14,23H,1-2H3. The number of carbonyl (C=O) groups excluding carboxylic acids is 1. The number of halogens is 1. The Morgan fingerprint density at radius 2 is 1.61 bits per heavy atom. The number of anilines is 2. The second-order valence-corrected chi connectivity index (χ2v) is 7.94. The van der Waals surface area contributed by atoms with Crippen LogP contribution >= 0.6 is 0 Å². The van der Waals surface area contributed by atoms with E-state index in [2.05, 4.69) is 4.72 Å². The summed E-state index contributed by atoms with van der Waals surface area (Å²) in [6.07, 6.45) is 0. The summed E-state index contributed by atoms with van der Waals surface area (Å²) < 4.78 is 41.4. The number of para-hydroxylation sites is 2. The van der Waals surface area contributed by atoms with Crippen LogP contribution in [0.3, 0.4) is 0 Å². The molecule has 7 heteroatoms. The molecule has 0 aromatic heterocycles. The van der Waals surface area contributed by atoms with Crippen LogP contribution in [0, 0.1) is 12.7 Å². The van der Waals surface area contributed by atoms with Crippen molar-refractivity contribution in [3.63, 3.8) is 0 Å². The van der Waals surface area contributed by atoms with Gasteiger partial charge in [-0.05, 0) is 55.0 Å². The Morgan fingerprint density at radius 3 is 2.29 bits per heavy atom. The fraction of sp³-hybridized carbons (Fsp3) is 0.0952. The Labute approximate surface area is 163 Å². The number of aryl methyl sites for hydroxylation is 1. The number of nitrogens with one attached hydrogen (secondary N) is 1. The van der Waals surface area contributed by atoms with Gasteiger partial charge in [0, 0.05) is 12.7 Å². The molecule has 0 spiro atoms. The zero-order valence-corrected chi connectivity index (χ0v) is 16.2. The van der Waals surface area contributed by atoms with Crippen LogP contribution in [0.1, 0.15) is 15.9 Å². The van der Waals surface area contributed by atoms with Crippen molar-refractivity contribution in [2.75, 3.05) is 16.7 Å². The maximum Gasteiger partial charge on any atom is 0.261 e. The minimum absolute atomic E-state index is 0.0786. The van der Waals surface area contributed by atoms with Crippen LogP contribution in [0.5, 0.6) is 0 Å². The molecule has 3 rings (SSSR count). The molecule has 0 atom stereocenters. The van der Waals surface area contributed by atoms with Crippen molar-refractivity contribution in [1.29, 1.82) is 0 Å². The summed E-state index contributed by atoms with van der Waals surface area (Å²) in [5.74, 6) is -0.848. The Bertz CT molecular complexity index is 1120. The zero-order chi connectivity index (χ0) is 20.3. The van der Waals surface area contributed by atoms with E-state index in [9.17, 15) is 17.6 Å². The van der Waals surface area contributed by atoms with E-state index >= 15 is 0 Å². The van der Waals surface area contributed by atoms with Gasteiger partial charge in [0.1, 0.15) is 5.82 Å². The largest absolute Gasteiger partial charge is 0.311 e. The highest BCUT2D eigenvalue weighted by atomic mass is 32.2. The van der Waals surface area contributed by atoms with Gasteiger partial charge >= 0.3 is 0 Å². The van der Waals surface area contributed by atoms with Crippen molar-refractivity contribution >= 4 is 27.3 Å². The third kappa shape index (κ3) is 4.04. The molecule has 1 amide bonds. The van der Waals surface area contributed by atoms with Gasteiger partial charge in [-0.15, -0.1) is 0 Å². The summed E-state index contributed by atoms with van der Waals surface area (Å²) in [5.41, 5.74) is 1.25. The van der Waals surface area contributed by atoms with E-state index in [-0.39, 0.29) is 27.6 Å². The van der Waals surface area contributed by atoms with Crippen LogP contribution < -0.4 is 9.62 Å². The maximum atomic E-state index is 13.5. The van der Waals surface area contributed by atoms with Gasteiger partial charge in [0.2, 0.25) is 0 Å². The first-order valence-electron chi connectivity index (χ1n) is 8.51. The normalized spacial score (nSPS) is 11.1. The van der Waals surface area contributed by atoms with Crippen molar-refractivity contribution < 1.29 is 17.6 Å². The molecule has 144 valence electrons. The lowest BCUT2D eigenvalue weighted by atomic mass is 10.1. The first-order valence-corrected chi connectivity index (χ1v) is 9.99. The smallest absolute Gasteiger partial charge is 0.261 e. The minimum atomic E-state index is -3.99. The quantitative estimate of drug-likeness (QED) is 0.700. The summed E-state index contributed by atoms with van der Waals surface area (Å²) in [7, 11) is -2.37. The molecule has 28 heavy (non-hydrogen) atoms. The van der Waals surface area contributed by atoms with Gasteiger partial charge in [0.25, 0.3) is 15.9 Å². The van der Waals surface area contributed by atoms with Crippen LogP contribution in [-0.4, -0.2) is 21.4 Å². The molecule has 0 heterocycles. The predicted octanol–water partition coefficient (Wildman–Crippen LogP) is 4.21. The predicted molar refractivity (Wildman–Crippen MR) is 108 cm³/mol. The number of rotatable bonds is 5. The van der Waals surface area contributed by atoms with Crippen molar-refractivity contribution in [3.8, 4) is 0 Å². The molecule has 3 aromatic rings. The van der Waals surface area contributed by atoms with E-state index in [1.165, 1.54) is 30.0 Å². The Kier molecular flexibility index (Phi) is 5.46. The average molecular weight is 398 g/mol. The van der Waals surface area contributed by atoms with Gasteiger partial charge in [-0.3, -0.25) is 9.52 Å². The van der Waals surface area contributed by atoms with E-state index in [1.807, 2.05) is 18.2 Å². The average Bonchev–Trinajstić information content (AvgIpc) is 2.69. The molecule has 0 saturated heterocycles. The summed E-state index contributed by atoms with van der Waals surface area (Å²) in [4.78, 5) is 14.3. The Hall–Kier alpha value is -3.19. The molecule has 0 aliphatic heterocycles. The number of amides is 1. The van der Waals surface area contributed by atoms with Crippen molar-refractivity contribution in [2.45, 2.75) is 11.8 Å². The number of sulfonamides is 1. The second kappa shape index (κ2) is 7.82. The topological polar surface area (TPSA) is 66.5 Å². The molecule has 1 N–H and O–H groups in total. The van der Waals surface area contributed by atoms with Crippen LogP contribution in [0.2, 0.25) is 0 Å². The van der Waals surface area contributed by atoms with E-state index in [4.69, 9.17) is 0 Å². The molecule has 0 aliphatic carbocycles. The van der Waals surface area contributed by atoms with E-state index < -0.39 is 15.8 Å². The van der Waals surface area contributed by atoms with E-state index in [0.29, 0.717) is 5.69 Å². The number of carbonyl (C=O) groups is 1. The maximum absolute atomic E-state index is 13.5. The number of hydrogen-bond donors (Lipinski definition) is 1. The van der Waals surface area contributed by atoms with Gasteiger partial charge in [0.15, 0.2) is 0 Å². The zero-order valence-electron chi connectivity index (χ0n) is 15.4.